The lowest BCUT2D eigenvalue weighted by molar-refractivity contribution is -0.119. The zero-order chi connectivity index (χ0) is 35.1. The molecule has 0 fully saturated rings. The molecule has 0 spiro atoms. The van der Waals surface area contributed by atoms with Gasteiger partial charge in [-0.05, 0) is 93.9 Å². The van der Waals surface area contributed by atoms with E-state index in [0.29, 0.717) is 42.0 Å². The van der Waals surface area contributed by atoms with Gasteiger partial charge in [0.05, 0.1) is 16.6 Å². The van der Waals surface area contributed by atoms with Crippen molar-refractivity contribution < 1.29 is 29.0 Å². The van der Waals surface area contributed by atoms with Gasteiger partial charge in [0.15, 0.2) is 23.1 Å². The van der Waals surface area contributed by atoms with Crippen LogP contribution in [0.15, 0.2) is 93.7 Å². The Morgan fingerprint density at radius 3 is 1.98 bits per heavy atom. The minimum absolute atomic E-state index is 0.0874. The van der Waals surface area contributed by atoms with Crippen molar-refractivity contribution in [2.24, 2.45) is 10.8 Å². The van der Waals surface area contributed by atoms with Gasteiger partial charge in [-0.1, -0.05) is 70.2 Å². The summed E-state index contributed by atoms with van der Waals surface area (Å²) in [7, 11) is 0. The highest BCUT2D eigenvalue weighted by molar-refractivity contribution is 9.10. The summed E-state index contributed by atoms with van der Waals surface area (Å²) in [4.78, 5) is 42.3. The molecule has 1 N–H and O–H groups in total. The van der Waals surface area contributed by atoms with Crippen LogP contribution in [0.5, 0.6) is 11.5 Å². The van der Waals surface area contributed by atoms with E-state index in [0.717, 1.165) is 52.9 Å². The summed E-state index contributed by atoms with van der Waals surface area (Å²) >= 11 is 3.75. The van der Waals surface area contributed by atoms with E-state index in [1.54, 1.807) is 24.3 Å². The number of aromatic carboxylic acids is 1. The number of hydrogen-bond acceptors (Lipinski definition) is 6. The third-order valence-corrected chi connectivity index (χ3v) is 10.3. The maximum Gasteiger partial charge on any atom is 0.335 e. The van der Waals surface area contributed by atoms with E-state index in [1.807, 2.05) is 37.3 Å². The summed E-state index contributed by atoms with van der Waals surface area (Å²) < 4.78 is 13.1. The fourth-order valence-electron chi connectivity index (χ4n) is 7.59. The largest absolute Gasteiger partial charge is 0.490 e. The van der Waals surface area contributed by atoms with Gasteiger partial charge in [0.25, 0.3) is 0 Å². The van der Waals surface area contributed by atoms with Crippen molar-refractivity contribution in [2.75, 3.05) is 13.2 Å². The standard InChI is InChI=1S/C41H44BrNO6/c1-6-48-34-19-28(18-29(42)38(34)49-24-26-12-14-27(15-13-26)39(46)47)35-36-30(20-40(2,3)22-32(36)44)43(17-16-25-10-8-7-9-11-25)31-21-41(4,5)23-33(45)37(31)35/h7-15,18-19,35H,6,16-17,20-24H2,1-5H3,(H,46,47). The number of hydrogen-bond donors (Lipinski definition) is 1. The lowest BCUT2D eigenvalue weighted by atomic mass is 9.63. The SMILES string of the molecule is CCOc1cc(C2C3=C(CC(C)(C)CC3=O)N(CCc3ccccc3)C3=C2C(=O)CC(C)(C)C3)cc(Br)c1OCc1ccc(C(=O)O)cc1. The van der Waals surface area contributed by atoms with Gasteiger partial charge in [0.1, 0.15) is 6.61 Å². The molecule has 256 valence electrons. The third kappa shape index (κ3) is 7.25. The first-order valence-corrected chi connectivity index (χ1v) is 17.8. The van der Waals surface area contributed by atoms with Crippen molar-refractivity contribution in [2.45, 2.75) is 79.2 Å². The molecule has 0 radical (unpaired) electrons. The Morgan fingerprint density at radius 1 is 0.837 bits per heavy atom. The number of halogens is 1. The highest BCUT2D eigenvalue weighted by Crippen LogP contribution is 2.55. The molecule has 1 aliphatic heterocycles. The Bertz CT molecular complexity index is 1800. The third-order valence-electron chi connectivity index (χ3n) is 9.74. The van der Waals surface area contributed by atoms with Gasteiger partial charge in [0, 0.05) is 47.8 Å². The predicted molar refractivity (Wildman–Crippen MR) is 193 cm³/mol. The van der Waals surface area contributed by atoms with E-state index in [9.17, 15) is 19.5 Å². The second-order valence-electron chi connectivity index (χ2n) is 15.0. The van der Waals surface area contributed by atoms with Crippen LogP contribution in [0.2, 0.25) is 0 Å². The summed E-state index contributed by atoms with van der Waals surface area (Å²) in [6.07, 6.45) is 3.11. The molecule has 3 aliphatic rings. The normalized spacial score (nSPS) is 18.7. The molecule has 0 amide bonds. The average Bonchev–Trinajstić information content (AvgIpc) is 3.02. The van der Waals surface area contributed by atoms with Gasteiger partial charge < -0.3 is 19.5 Å². The lowest BCUT2D eigenvalue weighted by Gasteiger charge is -2.49. The highest BCUT2D eigenvalue weighted by Gasteiger charge is 2.49. The van der Waals surface area contributed by atoms with E-state index < -0.39 is 11.9 Å². The second kappa shape index (κ2) is 13.6. The number of allylic oxidation sites excluding steroid dienone is 4. The first kappa shape index (κ1) is 34.7. The zero-order valence-corrected chi connectivity index (χ0v) is 30.5. The molecule has 1 heterocycles. The van der Waals surface area contributed by atoms with Crippen molar-refractivity contribution >= 4 is 33.5 Å². The van der Waals surface area contributed by atoms with Crippen LogP contribution in [0.4, 0.5) is 0 Å². The average molecular weight is 727 g/mol. The van der Waals surface area contributed by atoms with Gasteiger partial charge in [-0.15, -0.1) is 0 Å². The van der Waals surface area contributed by atoms with Gasteiger partial charge in [-0.3, -0.25) is 9.59 Å². The van der Waals surface area contributed by atoms with Crippen LogP contribution in [0.1, 0.15) is 93.3 Å². The second-order valence-corrected chi connectivity index (χ2v) is 15.8. The maximum atomic E-state index is 14.3. The van der Waals surface area contributed by atoms with Crippen LogP contribution < -0.4 is 9.47 Å². The van der Waals surface area contributed by atoms with Crippen molar-refractivity contribution in [1.82, 2.24) is 4.90 Å². The molecule has 2 aliphatic carbocycles. The highest BCUT2D eigenvalue weighted by atomic mass is 79.9. The molecule has 0 saturated heterocycles. The lowest BCUT2D eigenvalue weighted by Crippen LogP contribution is -2.45. The number of carboxylic acids is 1. The molecule has 6 rings (SSSR count). The number of ketones is 2. The molecule has 0 saturated carbocycles. The summed E-state index contributed by atoms with van der Waals surface area (Å²) in [5, 5.41) is 9.26. The summed E-state index contributed by atoms with van der Waals surface area (Å²) in [6, 6.07) is 20.8. The number of carboxylic acid groups (broad SMARTS) is 1. The van der Waals surface area contributed by atoms with Crippen LogP contribution in [0, 0.1) is 10.8 Å². The van der Waals surface area contributed by atoms with Gasteiger partial charge in [-0.2, -0.15) is 0 Å². The van der Waals surface area contributed by atoms with Crippen molar-refractivity contribution in [1.29, 1.82) is 0 Å². The molecule has 0 aromatic heterocycles. The van der Waals surface area contributed by atoms with Crippen LogP contribution in [0.3, 0.4) is 0 Å². The molecule has 0 atom stereocenters. The molecule has 0 unspecified atom stereocenters. The molecule has 3 aromatic carbocycles. The smallest absolute Gasteiger partial charge is 0.335 e. The Labute approximate surface area is 297 Å². The number of Topliss-reactive ketones (excluding diaryl/α,β-unsaturated/α-hetero) is 2. The number of rotatable bonds is 10. The monoisotopic (exact) mass is 725 g/mol. The minimum atomic E-state index is -0.983. The summed E-state index contributed by atoms with van der Waals surface area (Å²) in [5.74, 6) is -0.309. The maximum absolute atomic E-state index is 14.3. The number of benzene rings is 3. The van der Waals surface area contributed by atoms with E-state index in [1.165, 1.54) is 5.56 Å². The molecule has 49 heavy (non-hydrogen) atoms. The van der Waals surface area contributed by atoms with Gasteiger partial charge in [0.2, 0.25) is 0 Å². The van der Waals surface area contributed by atoms with Crippen LogP contribution in [-0.4, -0.2) is 40.7 Å². The van der Waals surface area contributed by atoms with Crippen LogP contribution in [-0.2, 0) is 22.6 Å². The summed E-state index contributed by atoms with van der Waals surface area (Å²) in [6.45, 7) is 11.8. The fraction of sp³-hybridized carbons (Fsp3) is 0.390. The number of nitrogens with zero attached hydrogens (tertiary/aromatic N) is 1. The van der Waals surface area contributed by atoms with E-state index in [2.05, 4.69) is 60.7 Å². The van der Waals surface area contributed by atoms with Crippen molar-refractivity contribution in [3.8, 4) is 11.5 Å². The van der Waals surface area contributed by atoms with Gasteiger partial charge in [-0.25, -0.2) is 4.79 Å². The zero-order valence-electron chi connectivity index (χ0n) is 28.9. The van der Waals surface area contributed by atoms with E-state index >= 15 is 0 Å². The molecule has 0 bridgehead atoms. The Hall–Kier alpha value is -4.17. The van der Waals surface area contributed by atoms with E-state index in [4.69, 9.17) is 9.47 Å². The quantitative estimate of drug-likeness (QED) is 0.223. The first-order valence-electron chi connectivity index (χ1n) is 17.0. The number of carbonyl (C=O) groups excluding carboxylic acids is 2. The fourth-order valence-corrected chi connectivity index (χ4v) is 8.17. The molecular formula is C41H44BrNO6. The van der Waals surface area contributed by atoms with Crippen LogP contribution >= 0.6 is 15.9 Å². The first-order chi connectivity index (χ1) is 23.3. The molecule has 3 aromatic rings. The van der Waals surface area contributed by atoms with Crippen molar-refractivity contribution in [3.63, 3.8) is 0 Å². The topological polar surface area (TPSA) is 93.1 Å². The molecular weight excluding hydrogens is 682 g/mol. The number of ether oxygens (including phenoxy) is 2. The Kier molecular flexibility index (Phi) is 9.64. The number of carbonyl (C=O) groups is 3. The molecule has 8 heteroatoms. The van der Waals surface area contributed by atoms with Crippen LogP contribution in [0.25, 0.3) is 0 Å². The van der Waals surface area contributed by atoms with Crippen molar-refractivity contribution in [3.05, 3.63) is 116 Å². The van der Waals surface area contributed by atoms with Gasteiger partial charge >= 0.3 is 5.97 Å². The Morgan fingerprint density at radius 2 is 1.43 bits per heavy atom. The summed E-state index contributed by atoms with van der Waals surface area (Å²) in [5.41, 5.74) is 6.14. The van der Waals surface area contributed by atoms with E-state index in [-0.39, 0.29) is 34.6 Å². The Balaban J connectivity index is 1.45. The molecule has 7 nitrogen and oxygen atoms in total. The predicted octanol–water partition coefficient (Wildman–Crippen LogP) is 9.05. The minimum Gasteiger partial charge on any atom is -0.490 e.